The Balaban J connectivity index is 1.53. The maximum absolute atomic E-state index is 12.8. The van der Waals surface area contributed by atoms with E-state index in [1.165, 1.54) is 4.31 Å². The number of morpholine rings is 1. The Bertz CT molecular complexity index is 883. The zero-order valence-corrected chi connectivity index (χ0v) is 19.4. The van der Waals surface area contributed by atoms with Gasteiger partial charge in [0, 0.05) is 26.2 Å². The second kappa shape index (κ2) is 9.67. The predicted molar refractivity (Wildman–Crippen MR) is 115 cm³/mol. The number of carbonyl (C=O) groups excluding carboxylic acids is 2. The van der Waals surface area contributed by atoms with Crippen LogP contribution in [-0.4, -0.2) is 74.0 Å². The van der Waals surface area contributed by atoms with Crippen molar-refractivity contribution in [2.75, 3.05) is 26.2 Å². The molecule has 0 spiro atoms. The first kappa shape index (κ1) is 23.7. The van der Waals surface area contributed by atoms with Crippen LogP contribution in [0.4, 0.5) is 0 Å². The summed E-state index contributed by atoms with van der Waals surface area (Å²) >= 11 is 0. The SMILES string of the molecule is Cc1ccc(S(=O)(=O)N2CCC(C(=O)OC(C)C(=O)N3CC(C)OC(C)C3)CC2)cc1. The van der Waals surface area contributed by atoms with Gasteiger partial charge in [0.2, 0.25) is 10.0 Å². The molecule has 2 saturated heterocycles. The number of nitrogens with zero attached hydrogens (tertiary/aromatic N) is 2. The van der Waals surface area contributed by atoms with E-state index in [-0.39, 0.29) is 36.1 Å². The number of amides is 1. The first-order valence-corrected chi connectivity index (χ1v) is 12.2. The van der Waals surface area contributed by atoms with Gasteiger partial charge in [0.1, 0.15) is 0 Å². The van der Waals surface area contributed by atoms with Crippen LogP contribution in [0.5, 0.6) is 0 Å². The molecule has 2 aliphatic heterocycles. The van der Waals surface area contributed by atoms with E-state index in [1.807, 2.05) is 20.8 Å². The van der Waals surface area contributed by atoms with Crippen LogP contribution in [0.2, 0.25) is 0 Å². The van der Waals surface area contributed by atoms with Crippen molar-refractivity contribution in [1.29, 1.82) is 0 Å². The third-order valence-electron chi connectivity index (χ3n) is 5.82. The minimum absolute atomic E-state index is 0.0598. The Labute approximate surface area is 184 Å². The number of hydrogen-bond acceptors (Lipinski definition) is 6. The normalized spacial score (nSPS) is 24.6. The van der Waals surface area contributed by atoms with Gasteiger partial charge in [-0.1, -0.05) is 17.7 Å². The van der Waals surface area contributed by atoms with Gasteiger partial charge in [0.05, 0.1) is 23.0 Å². The topological polar surface area (TPSA) is 93.2 Å². The van der Waals surface area contributed by atoms with Crippen molar-refractivity contribution in [3.8, 4) is 0 Å². The molecule has 8 nitrogen and oxygen atoms in total. The van der Waals surface area contributed by atoms with Gasteiger partial charge in [-0.2, -0.15) is 4.31 Å². The summed E-state index contributed by atoms with van der Waals surface area (Å²) in [7, 11) is -3.58. The number of sulfonamides is 1. The van der Waals surface area contributed by atoms with Gasteiger partial charge in [-0.3, -0.25) is 9.59 Å². The summed E-state index contributed by atoms with van der Waals surface area (Å²) in [5.41, 5.74) is 0.991. The zero-order valence-electron chi connectivity index (χ0n) is 18.6. The van der Waals surface area contributed by atoms with Crippen molar-refractivity contribution in [1.82, 2.24) is 9.21 Å². The van der Waals surface area contributed by atoms with Crippen molar-refractivity contribution in [3.05, 3.63) is 29.8 Å². The van der Waals surface area contributed by atoms with Crippen LogP contribution in [0.3, 0.4) is 0 Å². The van der Waals surface area contributed by atoms with E-state index in [2.05, 4.69) is 0 Å². The van der Waals surface area contributed by atoms with Crippen LogP contribution in [-0.2, 0) is 29.1 Å². The summed E-state index contributed by atoms with van der Waals surface area (Å²) in [5.74, 6) is -1.08. The standard InChI is InChI=1S/C22H32N2O6S/c1-15-5-7-20(8-6-15)31(27,28)24-11-9-19(10-12-24)22(26)30-18(4)21(25)23-13-16(2)29-17(3)14-23/h5-8,16-19H,9-14H2,1-4H3. The summed E-state index contributed by atoms with van der Waals surface area (Å²) in [4.78, 5) is 27.2. The quantitative estimate of drug-likeness (QED) is 0.634. The van der Waals surface area contributed by atoms with Gasteiger partial charge in [0.15, 0.2) is 6.10 Å². The highest BCUT2D eigenvalue weighted by molar-refractivity contribution is 7.89. The monoisotopic (exact) mass is 452 g/mol. The van der Waals surface area contributed by atoms with E-state index >= 15 is 0 Å². The fourth-order valence-corrected chi connectivity index (χ4v) is 5.60. The average Bonchev–Trinajstić information content (AvgIpc) is 2.72. The minimum atomic E-state index is -3.58. The Morgan fingerprint density at radius 2 is 1.61 bits per heavy atom. The fourth-order valence-electron chi connectivity index (χ4n) is 4.13. The molecular formula is C22H32N2O6S. The molecule has 0 bridgehead atoms. The highest BCUT2D eigenvalue weighted by atomic mass is 32.2. The maximum Gasteiger partial charge on any atom is 0.309 e. The molecule has 1 aromatic rings. The lowest BCUT2D eigenvalue weighted by Gasteiger charge is -2.36. The number of ether oxygens (including phenoxy) is 2. The molecule has 2 heterocycles. The molecule has 172 valence electrons. The molecule has 0 radical (unpaired) electrons. The average molecular weight is 453 g/mol. The second-order valence-corrected chi connectivity index (χ2v) is 10.5. The van der Waals surface area contributed by atoms with Gasteiger partial charge in [-0.25, -0.2) is 8.42 Å². The molecule has 3 atom stereocenters. The van der Waals surface area contributed by atoms with Gasteiger partial charge < -0.3 is 14.4 Å². The number of hydrogen-bond donors (Lipinski definition) is 0. The summed E-state index contributed by atoms with van der Waals surface area (Å²) in [6.45, 7) is 8.74. The van der Waals surface area contributed by atoms with E-state index in [4.69, 9.17) is 9.47 Å². The molecule has 2 fully saturated rings. The number of rotatable bonds is 5. The van der Waals surface area contributed by atoms with Crippen molar-refractivity contribution in [2.24, 2.45) is 5.92 Å². The molecule has 31 heavy (non-hydrogen) atoms. The van der Waals surface area contributed by atoms with E-state index in [9.17, 15) is 18.0 Å². The van der Waals surface area contributed by atoms with E-state index in [0.717, 1.165) is 5.56 Å². The lowest BCUT2D eigenvalue weighted by molar-refractivity contribution is -0.167. The number of esters is 1. The van der Waals surface area contributed by atoms with Crippen LogP contribution in [0.1, 0.15) is 39.2 Å². The third kappa shape index (κ3) is 5.64. The van der Waals surface area contributed by atoms with Crippen molar-refractivity contribution in [3.63, 3.8) is 0 Å². The molecule has 0 aliphatic carbocycles. The van der Waals surface area contributed by atoms with Crippen molar-refractivity contribution in [2.45, 2.75) is 63.7 Å². The molecule has 1 amide bonds. The van der Waals surface area contributed by atoms with E-state index < -0.39 is 28.0 Å². The van der Waals surface area contributed by atoms with Crippen LogP contribution in [0.25, 0.3) is 0 Å². The van der Waals surface area contributed by atoms with Gasteiger partial charge >= 0.3 is 5.97 Å². The first-order valence-electron chi connectivity index (χ1n) is 10.8. The zero-order chi connectivity index (χ0) is 22.8. The summed E-state index contributed by atoms with van der Waals surface area (Å²) in [6, 6.07) is 6.74. The Morgan fingerprint density at radius 3 is 2.16 bits per heavy atom. The molecule has 0 saturated carbocycles. The van der Waals surface area contributed by atoms with Gasteiger partial charge in [-0.05, 0) is 52.7 Å². The molecule has 1 aromatic carbocycles. The van der Waals surface area contributed by atoms with E-state index in [1.54, 1.807) is 36.1 Å². The Morgan fingerprint density at radius 1 is 1.06 bits per heavy atom. The number of piperidine rings is 1. The molecule has 0 N–H and O–H groups in total. The van der Waals surface area contributed by atoms with Gasteiger partial charge in [-0.15, -0.1) is 0 Å². The molecule has 9 heteroatoms. The third-order valence-corrected chi connectivity index (χ3v) is 7.73. The van der Waals surface area contributed by atoms with Crippen molar-refractivity contribution >= 4 is 21.9 Å². The highest BCUT2D eigenvalue weighted by Crippen LogP contribution is 2.25. The predicted octanol–water partition coefficient (Wildman–Crippen LogP) is 1.96. The maximum atomic E-state index is 12.8. The van der Waals surface area contributed by atoms with Crippen molar-refractivity contribution < 1.29 is 27.5 Å². The van der Waals surface area contributed by atoms with Gasteiger partial charge in [0.25, 0.3) is 5.91 Å². The lowest BCUT2D eigenvalue weighted by Crippen LogP contribution is -2.51. The van der Waals surface area contributed by atoms with Crippen LogP contribution >= 0.6 is 0 Å². The largest absolute Gasteiger partial charge is 0.452 e. The van der Waals surface area contributed by atoms with Crippen LogP contribution in [0.15, 0.2) is 29.2 Å². The Kier molecular flexibility index (Phi) is 7.39. The number of carbonyl (C=O) groups is 2. The molecular weight excluding hydrogens is 420 g/mol. The lowest BCUT2D eigenvalue weighted by atomic mass is 9.98. The summed E-state index contributed by atoms with van der Waals surface area (Å²) < 4.78 is 38.1. The summed E-state index contributed by atoms with van der Waals surface area (Å²) in [6.07, 6.45) is -0.252. The number of benzene rings is 1. The molecule has 3 unspecified atom stereocenters. The smallest absolute Gasteiger partial charge is 0.309 e. The molecule has 3 rings (SSSR count). The Hall–Kier alpha value is -1.97. The highest BCUT2D eigenvalue weighted by Gasteiger charge is 2.35. The van der Waals surface area contributed by atoms with Crippen LogP contribution < -0.4 is 0 Å². The second-order valence-electron chi connectivity index (χ2n) is 8.57. The molecule has 2 aliphatic rings. The number of aryl methyl sites for hydroxylation is 1. The van der Waals surface area contributed by atoms with Crippen LogP contribution in [0, 0.1) is 12.8 Å². The molecule has 0 aromatic heterocycles. The fraction of sp³-hybridized carbons (Fsp3) is 0.636. The van der Waals surface area contributed by atoms with E-state index in [0.29, 0.717) is 25.9 Å². The first-order chi connectivity index (χ1) is 14.6. The minimum Gasteiger partial charge on any atom is -0.452 e. The summed E-state index contributed by atoms with van der Waals surface area (Å²) in [5, 5.41) is 0.